The fourth-order valence-electron chi connectivity index (χ4n) is 3.02. The van der Waals surface area contributed by atoms with Crippen LogP contribution in [0.15, 0.2) is 24.4 Å². The lowest BCUT2D eigenvalue weighted by molar-refractivity contribution is 0.235. The molecule has 0 radical (unpaired) electrons. The number of hydrogen-bond acceptors (Lipinski definition) is 6. The molecule has 130 valence electrons. The van der Waals surface area contributed by atoms with Crippen LogP contribution in [0.3, 0.4) is 0 Å². The van der Waals surface area contributed by atoms with Crippen LogP contribution >= 0.6 is 0 Å². The van der Waals surface area contributed by atoms with Gasteiger partial charge in [-0.3, -0.25) is 5.10 Å². The molecule has 0 aliphatic carbocycles. The number of halogens is 2. The topological polar surface area (TPSA) is 90.0 Å². The molecule has 1 saturated heterocycles. The van der Waals surface area contributed by atoms with Gasteiger partial charge in [0.25, 0.3) is 0 Å². The highest BCUT2D eigenvalue weighted by Gasteiger charge is 2.25. The highest BCUT2D eigenvalue weighted by atomic mass is 19.1. The summed E-state index contributed by atoms with van der Waals surface area (Å²) in [6, 6.07) is 4.11. The predicted octanol–water partition coefficient (Wildman–Crippen LogP) is 1.07. The minimum atomic E-state index is -0.774. The molecule has 3 aromatic heterocycles. The Morgan fingerprint density at radius 1 is 1.32 bits per heavy atom. The Morgan fingerprint density at radius 2 is 2.20 bits per heavy atom. The first kappa shape index (κ1) is 15.9. The van der Waals surface area contributed by atoms with Crippen LogP contribution in [0.2, 0.25) is 0 Å². The van der Waals surface area contributed by atoms with Crippen molar-refractivity contribution in [2.75, 3.05) is 31.1 Å². The Balaban J connectivity index is 1.79. The average molecular weight is 346 g/mol. The maximum absolute atomic E-state index is 14.4. The van der Waals surface area contributed by atoms with E-state index in [0.29, 0.717) is 36.4 Å². The molecule has 0 saturated carbocycles. The Hall–Kier alpha value is -2.65. The summed E-state index contributed by atoms with van der Waals surface area (Å²) in [6.07, 6.45) is 1.59. The van der Waals surface area contributed by atoms with Crippen LogP contribution in [0.5, 0.6) is 0 Å². The second-order valence-corrected chi connectivity index (χ2v) is 5.88. The van der Waals surface area contributed by atoms with Gasteiger partial charge in [0, 0.05) is 43.3 Å². The number of aromatic nitrogens is 4. The molecule has 25 heavy (non-hydrogen) atoms. The number of anilines is 1. The molecule has 0 unspecified atom stereocenters. The van der Waals surface area contributed by atoms with E-state index in [4.69, 9.17) is 0 Å². The molecule has 3 N–H and O–H groups in total. The zero-order valence-corrected chi connectivity index (χ0v) is 13.2. The summed E-state index contributed by atoms with van der Waals surface area (Å²) in [7, 11) is 0. The van der Waals surface area contributed by atoms with Crippen molar-refractivity contribution in [2.24, 2.45) is 0 Å². The van der Waals surface area contributed by atoms with Crippen molar-refractivity contribution in [3.8, 4) is 11.4 Å². The first-order valence-electron chi connectivity index (χ1n) is 7.92. The Morgan fingerprint density at radius 3 is 3.04 bits per heavy atom. The summed E-state index contributed by atoms with van der Waals surface area (Å²) in [6.45, 7) is 1.41. The molecule has 4 rings (SSSR count). The van der Waals surface area contributed by atoms with E-state index in [1.54, 1.807) is 23.2 Å². The fourth-order valence-corrected chi connectivity index (χ4v) is 3.02. The average Bonchev–Trinajstić information content (AvgIpc) is 3.06. The molecule has 3 aromatic rings. The van der Waals surface area contributed by atoms with Gasteiger partial charge in [-0.15, -0.1) is 0 Å². The quantitative estimate of drug-likeness (QED) is 0.657. The summed E-state index contributed by atoms with van der Waals surface area (Å²) in [4.78, 5) is 10.0. The molecule has 0 bridgehead atoms. The normalized spacial score (nSPS) is 18.0. The van der Waals surface area contributed by atoms with Gasteiger partial charge in [-0.25, -0.2) is 18.7 Å². The third-order valence-corrected chi connectivity index (χ3v) is 4.25. The number of nitrogens with one attached hydrogen (secondary N) is 2. The summed E-state index contributed by atoms with van der Waals surface area (Å²) < 4.78 is 28.7. The summed E-state index contributed by atoms with van der Waals surface area (Å²) in [5, 5.41) is 19.8. The number of pyridine rings is 2. The second kappa shape index (κ2) is 6.34. The van der Waals surface area contributed by atoms with Crippen molar-refractivity contribution in [1.29, 1.82) is 0 Å². The van der Waals surface area contributed by atoms with E-state index in [2.05, 4.69) is 25.5 Å². The van der Waals surface area contributed by atoms with E-state index in [9.17, 15) is 13.9 Å². The van der Waals surface area contributed by atoms with Gasteiger partial charge in [-0.05, 0) is 12.1 Å². The van der Waals surface area contributed by atoms with Crippen molar-refractivity contribution in [1.82, 2.24) is 25.5 Å². The molecule has 1 aliphatic rings. The van der Waals surface area contributed by atoms with Gasteiger partial charge in [0.1, 0.15) is 5.69 Å². The molecule has 9 heteroatoms. The molecule has 0 aromatic carbocycles. The number of piperazine rings is 1. The number of aromatic amines is 1. The van der Waals surface area contributed by atoms with E-state index < -0.39 is 11.6 Å². The van der Waals surface area contributed by atoms with Crippen LogP contribution in [-0.4, -0.2) is 57.6 Å². The van der Waals surface area contributed by atoms with Crippen LogP contribution in [0.4, 0.5) is 14.6 Å². The van der Waals surface area contributed by atoms with Gasteiger partial charge < -0.3 is 15.3 Å². The Kier molecular flexibility index (Phi) is 4.02. The van der Waals surface area contributed by atoms with Gasteiger partial charge in [0.05, 0.1) is 12.3 Å². The van der Waals surface area contributed by atoms with Crippen molar-refractivity contribution in [3.63, 3.8) is 0 Å². The first-order valence-corrected chi connectivity index (χ1v) is 7.92. The number of aliphatic hydroxyl groups is 1. The van der Waals surface area contributed by atoms with Gasteiger partial charge >= 0.3 is 0 Å². The summed E-state index contributed by atoms with van der Waals surface area (Å²) >= 11 is 0. The summed E-state index contributed by atoms with van der Waals surface area (Å²) in [5.41, 5.74) is 0.786. The minimum absolute atomic E-state index is 0.00835. The van der Waals surface area contributed by atoms with Crippen LogP contribution in [0.25, 0.3) is 22.4 Å². The number of hydrogen-bond donors (Lipinski definition) is 3. The van der Waals surface area contributed by atoms with Gasteiger partial charge in [-0.1, -0.05) is 0 Å². The zero-order valence-electron chi connectivity index (χ0n) is 13.2. The molecule has 1 fully saturated rings. The molecule has 7 nitrogen and oxygen atoms in total. The van der Waals surface area contributed by atoms with Crippen LogP contribution in [-0.2, 0) is 0 Å². The largest absolute Gasteiger partial charge is 0.395 e. The van der Waals surface area contributed by atoms with E-state index in [1.165, 1.54) is 0 Å². The van der Waals surface area contributed by atoms with Crippen molar-refractivity contribution in [3.05, 3.63) is 36.0 Å². The maximum Gasteiger partial charge on any atom is 0.181 e. The van der Waals surface area contributed by atoms with Gasteiger partial charge in [0.15, 0.2) is 23.1 Å². The second-order valence-electron chi connectivity index (χ2n) is 5.88. The van der Waals surface area contributed by atoms with E-state index >= 15 is 0 Å². The van der Waals surface area contributed by atoms with E-state index in [-0.39, 0.29) is 24.2 Å². The lowest BCUT2D eigenvalue weighted by Gasteiger charge is -2.33. The standard InChI is InChI=1S/C16H16F2N6O/c17-11-6-12(18)16(24-5-4-19-9(7-24)8-25)21-14(11)13-10-2-1-3-20-15(10)23-22-13/h1-3,6,9,19,25H,4-5,7-8H2,(H,20,22,23)/t9-/m0/s1. The maximum atomic E-state index is 14.4. The van der Waals surface area contributed by atoms with Crippen molar-refractivity contribution >= 4 is 16.9 Å². The van der Waals surface area contributed by atoms with Crippen LogP contribution in [0.1, 0.15) is 0 Å². The molecule has 1 atom stereocenters. The summed E-state index contributed by atoms with van der Waals surface area (Å²) in [5.74, 6) is -1.45. The predicted molar refractivity (Wildman–Crippen MR) is 88.1 cm³/mol. The number of aliphatic hydroxyl groups excluding tert-OH is 1. The Labute approximate surface area is 141 Å². The number of nitrogens with zero attached hydrogens (tertiary/aromatic N) is 4. The molecule has 0 amide bonds. The number of fused-ring (bicyclic) bond motifs is 1. The van der Waals surface area contributed by atoms with E-state index in [0.717, 1.165) is 6.07 Å². The monoisotopic (exact) mass is 346 g/mol. The fraction of sp³-hybridized carbons (Fsp3) is 0.312. The van der Waals surface area contributed by atoms with Crippen LogP contribution in [0, 0.1) is 11.6 Å². The lowest BCUT2D eigenvalue weighted by Crippen LogP contribution is -2.52. The molecular weight excluding hydrogens is 330 g/mol. The first-order chi connectivity index (χ1) is 12.2. The third kappa shape index (κ3) is 2.81. The van der Waals surface area contributed by atoms with Gasteiger partial charge in [-0.2, -0.15) is 5.10 Å². The minimum Gasteiger partial charge on any atom is -0.395 e. The molecule has 1 aliphatic heterocycles. The SMILES string of the molecule is OC[C@@H]1CN(c2nc(-c3[nH]nc4ncccc34)c(F)cc2F)CCN1. The zero-order chi connectivity index (χ0) is 17.4. The van der Waals surface area contributed by atoms with Crippen molar-refractivity contribution < 1.29 is 13.9 Å². The molecular formula is C16H16F2N6O. The third-order valence-electron chi connectivity index (χ3n) is 4.25. The molecule has 4 heterocycles. The number of H-pyrrole nitrogens is 1. The highest BCUT2D eigenvalue weighted by Crippen LogP contribution is 2.29. The Bertz CT molecular complexity index is 915. The highest BCUT2D eigenvalue weighted by molar-refractivity contribution is 5.89. The lowest BCUT2D eigenvalue weighted by atomic mass is 10.1. The van der Waals surface area contributed by atoms with Crippen molar-refractivity contribution in [2.45, 2.75) is 6.04 Å². The van der Waals surface area contributed by atoms with Crippen LogP contribution < -0.4 is 10.2 Å². The van der Waals surface area contributed by atoms with E-state index in [1.807, 2.05) is 0 Å². The molecule has 0 spiro atoms. The van der Waals surface area contributed by atoms with Gasteiger partial charge in [0.2, 0.25) is 0 Å². The smallest absolute Gasteiger partial charge is 0.181 e. The number of rotatable bonds is 3.